The molecule has 0 aromatic carbocycles. The zero-order valence-corrected chi connectivity index (χ0v) is 13.6. The lowest BCUT2D eigenvalue weighted by Gasteiger charge is -2.39. The van der Waals surface area contributed by atoms with E-state index in [1.807, 2.05) is 0 Å². The van der Waals surface area contributed by atoms with Crippen LogP contribution in [0.4, 0.5) is 0 Å². The van der Waals surface area contributed by atoms with E-state index in [0.29, 0.717) is 24.3 Å². The summed E-state index contributed by atoms with van der Waals surface area (Å²) in [5.41, 5.74) is 5.76. The summed E-state index contributed by atoms with van der Waals surface area (Å²) in [6.45, 7) is 10.0. The van der Waals surface area contributed by atoms with E-state index in [0.717, 1.165) is 58.7 Å². The Balaban J connectivity index is 2.08. The Hall–Kier alpha value is -0.650. The molecule has 0 aromatic heterocycles. The third-order valence-electron chi connectivity index (χ3n) is 5.12. The molecule has 0 saturated carbocycles. The molecule has 5 heteroatoms. The highest BCUT2D eigenvalue weighted by Crippen LogP contribution is 2.25. The van der Waals surface area contributed by atoms with Crippen molar-refractivity contribution < 1.29 is 9.53 Å². The normalized spacial score (nSPS) is 25.5. The van der Waals surface area contributed by atoms with E-state index >= 15 is 0 Å². The number of amides is 1. The highest BCUT2D eigenvalue weighted by Gasteiger charge is 2.37. The molecule has 2 atom stereocenters. The van der Waals surface area contributed by atoms with Gasteiger partial charge in [-0.1, -0.05) is 26.7 Å². The van der Waals surface area contributed by atoms with Crippen LogP contribution < -0.4 is 5.73 Å². The Bertz CT molecular complexity index is 327. The third kappa shape index (κ3) is 3.96. The van der Waals surface area contributed by atoms with Gasteiger partial charge in [0.25, 0.3) is 0 Å². The van der Waals surface area contributed by atoms with Crippen molar-refractivity contribution in [2.24, 2.45) is 17.6 Å². The van der Waals surface area contributed by atoms with Crippen molar-refractivity contribution in [3.05, 3.63) is 0 Å². The average molecular weight is 297 g/mol. The van der Waals surface area contributed by atoms with Crippen LogP contribution in [0.3, 0.4) is 0 Å². The van der Waals surface area contributed by atoms with E-state index in [1.165, 1.54) is 0 Å². The van der Waals surface area contributed by atoms with Crippen LogP contribution in [0.15, 0.2) is 0 Å². The van der Waals surface area contributed by atoms with E-state index in [4.69, 9.17) is 10.5 Å². The van der Waals surface area contributed by atoms with Gasteiger partial charge in [0.15, 0.2) is 0 Å². The van der Waals surface area contributed by atoms with Crippen LogP contribution in [0, 0.1) is 11.8 Å². The van der Waals surface area contributed by atoms with E-state index in [9.17, 15) is 4.79 Å². The second kappa shape index (κ2) is 8.11. The first-order chi connectivity index (χ1) is 10.2. The van der Waals surface area contributed by atoms with Crippen LogP contribution in [0.25, 0.3) is 0 Å². The maximum Gasteiger partial charge on any atom is 0.240 e. The lowest BCUT2D eigenvalue weighted by molar-refractivity contribution is -0.140. The minimum absolute atomic E-state index is 0.0282. The number of hydrogen-bond donors (Lipinski definition) is 1. The molecule has 0 radical (unpaired) electrons. The molecule has 5 nitrogen and oxygen atoms in total. The summed E-state index contributed by atoms with van der Waals surface area (Å²) < 4.78 is 5.45. The Morgan fingerprint density at radius 1 is 1.24 bits per heavy atom. The minimum Gasteiger partial charge on any atom is -0.379 e. The number of ether oxygens (including phenoxy) is 1. The van der Waals surface area contributed by atoms with Gasteiger partial charge >= 0.3 is 0 Å². The van der Waals surface area contributed by atoms with Gasteiger partial charge in [-0.3, -0.25) is 9.69 Å². The number of nitrogens with zero attached hydrogens (tertiary/aromatic N) is 2. The molecule has 2 unspecified atom stereocenters. The molecule has 2 fully saturated rings. The zero-order chi connectivity index (χ0) is 15.2. The molecule has 122 valence electrons. The lowest BCUT2D eigenvalue weighted by atomic mass is 9.91. The number of nitrogens with two attached hydrogens (primary N) is 1. The van der Waals surface area contributed by atoms with Gasteiger partial charge in [-0.2, -0.15) is 0 Å². The first-order valence-electron chi connectivity index (χ1n) is 8.51. The highest BCUT2D eigenvalue weighted by atomic mass is 16.5. The number of likely N-dealkylation sites (tertiary alicyclic amines) is 1. The molecule has 0 bridgehead atoms. The van der Waals surface area contributed by atoms with Crippen molar-refractivity contribution in [1.29, 1.82) is 0 Å². The van der Waals surface area contributed by atoms with Crippen molar-refractivity contribution in [2.45, 2.75) is 39.2 Å². The maximum absolute atomic E-state index is 13.1. The number of morpholine rings is 1. The summed E-state index contributed by atoms with van der Waals surface area (Å²) in [4.78, 5) is 17.5. The van der Waals surface area contributed by atoms with Crippen molar-refractivity contribution in [2.75, 3.05) is 45.9 Å². The van der Waals surface area contributed by atoms with Crippen LogP contribution in [0.5, 0.6) is 0 Å². The summed E-state index contributed by atoms with van der Waals surface area (Å²) in [5, 5.41) is 0. The smallest absolute Gasteiger partial charge is 0.240 e. The van der Waals surface area contributed by atoms with Gasteiger partial charge in [0.2, 0.25) is 5.91 Å². The van der Waals surface area contributed by atoms with E-state index in [2.05, 4.69) is 23.6 Å². The molecule has 0 spiro atoms. The number of carbonyl (C=O) groups excluding carboxylic acids is 1. The van der Waals surface area contributed by atoms with Crippen molar-refractivity contribution in [3.63, 3.8) is 0 Å². The molecule has 2 rings (SSSR count). The topological polar surface area (TPSA) is 58.8 Å². The average Bonchev–Trinajstić information content (AvgIpc) is 3.02. The van der Waals surface area contributed by atoms with Crippen LogP contribution >= 0.6 is 0 Å². The van der Waals surface area contributed by atoms with Crippen LogP contribution in [0.2, 0.25) is 0 Å². The molecule has 1 amide bonds. The van der Waals surface area contributed by atoms with Crippen molar-refractivity contribution in [3.8, 4) is 0 Å². The molecular weight excluding hydrogens is 266 g/mol. The quantitative estimate of drug-likeness (QED) is 0.792. The number of carbonyl (C=O) groups is 1. The van der Waals surface area contributed by atoms with Gasteiger partial charge in [-0.05, 0) is 24.8 Å². The van der Waals surface area contributed by atoms with Crippen LogP contribution in [-0.2, 0) is 9.53 Å². The second-order valence-corrected chi connectivity index (χ2v) is 6.34. The number of hydrogen-bond acceptors (Lipinski definition) is 4. The molecule has 2 aliphatic heterocycles. The standard InChI is InChI=1S/C16H31N3O2/c1-3-14(4-2)15(18-7-9-21-10-8-18)16(20)19-6-5-13(11-17)12-19/h13-15H,3-12,17H2,1-2H3. The summed E-state index contributed by atoms with van der Waals surface area (Å²) in [5.74, 6) is 1.25. The van der Waals surface area contributed by atoms with Gasteiger partial charge in [0.1, 0.15) is 0 Å². The van der Waals surface area contributed by atoms with Crippen LogP contribution in [0.1, 0.15) is 33.1 Å². The summed E-state index contributed by atoms with van der Waals surface area (Å²) in [7, 11) is 0. The monoisotopic (exact) mass is 297 g/mol. The molecule has 2 saturated heterocycles. The maximum atomic E-state index is 13.1. The summed E-state index contributed by atoms with van der Waals surface area (Å²) in [6, 6.07) is 0.0282. The molecule has 2 heterocycles. The van der Waals surface area contributed by atoms with E-state index in [1.54, 1.807) is 0 Å². The zero-order valence-electron chi connectivity index (χ0n) is 13.6. The fourth-order valence-corrected chi connectivity index (χ4v) is 3.66. The van der Waals surface area contributed by atoms with Gasteiger partial charge in [-0.25, -0.2) is 0 Å². The molecule has 0 aromatic rings. The summed E-state index contributed by atoms with van der Waals surface area (Å²) >= 11 is 0. The van der Waals surface area contributed by atoms with Crippen molar-refractivity contribution >= 4 is 5.91 Å². The number of rotatable bonds is 6. The van der Waals surface area contributed by atoms with E-state index in [-0.39, 0.29) is 6.04 Å². The first-order valence-corrected chi connectivity index (χ1v) is 8.51. The molecule has 2 N–H and O–H groups in total. The van der Waals surface area contributed by atoms with Gasteiger partial charge < -0.3 is 15.4 Å². The predicted octanol–water partition coefficient (Wildman–Crippen LogP) is 0.931. The Labute approximate surface area is 128 Å². The SMILES string of the molecule is CCC(CC)C(C(=O)N1CCC(CN)C1)N1CCOCC1. The van der Waals surface area contributed by atoms with Gasteiger partial charge in [-0.15, -0.1) is 0 Å². The fraction of sp³-hybridized carbons (Fsp3) is 0.938. The second-order valence-electron chi connectivity index (χ2n) is 6.34. The summed E-state index contributed by atoms with van der Waals surface area (Å²) in [6.07, 6.45) is 3.16. The first kappa shape index (κ1) is 16.7. The Morgan fingerprint density at radius 2 is 1.90 bits per heavy atom. The largest absolute Gasteiger partial charge is 0.379 e. The van der Waals surface area contributed by atoms with E-state index < -0.39 is 0 Å². The highest BCUT2D eigenvalue weighted by molar-refractivity contribution is 5.82. The molecule has 21 heavy (non-hydrogen) atoms. The lowest BCUT2D eigenvalue weighted by Crippen LogP contribution is -2.55. The Morgan fingerprint density at radius 3 is 2.43 bits per heavy atom. The van der Waals surface area contributed by atoms with Gasteiger partial charge in [0.05, 0.1) is 19.3 Å². The van der Waals surface area contributed by atoms with Crippen LogP contribution in [-0.4, -0.2) is 67.7 Å². The third-order valence-corrected chi connectivity index (χ3v) is 5.12. The van der Waals surface area contributed by atoms with Gasteiger partial charge in [0, 0.05) is 26.2 Å². The molecule has 0 aliphatic carbocycles. The minimum atomic E-state index is 0.0282. The predicted molar refractivity (Wildman–Crippen MR) is 84.0 cm³/mol. The Kier molecular flexibility index (Phi) is 6.45. The van der Waals surface area contributed by atoms with Crippen molar-refractivity contribution in [1.82, 2.24) is 9.80 Å². The fourth-order valence-electron chi connectivity index (χ4n) is 3.66. The molecule has 2 aliphatic rings. The molecular formula is C16H31N3O2.